The van der Waals surface area contributed by atoms with Crippen LogP contribution in [-0.4, -0.2) is 28.5 Å². The summed E-state index contributed by atoms with van der Waals surface area (Å²) < 4.78 is 0. The van der Waals surface area contributed by atoms with Crippen LogP contribution in [0.5, 0.6) is 0 Å². The fraction of sp³-hybridized carbons (Fsp3) is 0.417. The van der Waals surface area contributed by atoms with Gasteiger partial charge in [0, 0.05) is 19.2 Å². The summed E-state index contributed by atoms with van der Waals surface area (Å²) in [6.45, 7) is 0.620. The molecule has 1 N–H and O–H groups in total. The van der Waals surface area contributed by atoms with E-state index in [9.17, 15) is 9.59 Å². The first-order valence-electron chi connectivity index (χ1n) is 5.68. The number of carboxylic acid groups (broad SMARTS) is 1. The number of carbonyl (C=O) groups excluding carboxylic acids is 1. The van der Waals surface area contributed by atoms with Crippen LogP contribution in [0.2, 0.25) is 0 Å². The molecule has 0 bridgehead atoms. The molecule has 0 aromatic carbocycles. The van der Waals surface area contributed by atoms with Crippen LogP contribution in [0.15, 0.2) is 18.3 Å². The number of aromatic nitrogens is 1. The molecular weight excluding hydrogens is 220 g/mol. The molecule has 90 valence electrons. The highest BCUT2D eigenvalue weighted by Crippen LogP contribution is 2.19. The van der Waals surface area contributed by atoms with Gasteiger partial charge in [-0.1, -0.05) is 6.42 Å². The Bertz CT molecular complexity index is 445. The number of hydrogen-bond acceptors (Lipinski definition) is 3. The fourth-order valence-electron chi connectivity index (χ4n) is 1.92. The van der Waals surface area contributed by atoms with E-state index in [0.717, 1.165) is 19.3 Å². The molecule has 0 atom stereocenters. The lowest BCUT2D eigenvalue weighted by atomic mass is 10.2. The molecule has 2 heterocycles. The standard InChI is InChI=1S/C12H14N2O3/c15-11-4-2-1-3-7-14(11)10-8-9(12(16)17)5-6-13-10/h5-6,8H,1-4,7H2,(H,16,17). The Balaban J connectivity index is 2.28. The molecule has 1 aromatic rings. The van der Waals surface area contributed by atoms with Crippen LogP contribution in [0, 0.1) is 0 Å². The van der Waals surface area contributed by atoms with Gasteiger partial charge in [0.2, 0.25) is 5.91 Å². The lowest BCUT2D eigenvalue weighted by molar-refractivity contribution is -0.118. The van der Waals surface area contributed by atoms with Crippen LogP contribution in [0.25, 0.3) is 0 Å². The average molecular weight is 234 g/mol. The Morgan fingerprint density at radius 1 is 1.35 bits per heavy atom. The number of carbonyl (C=O) groups is 2. The van der Waals surface area contributed by atoms with Gasteiger partial charge in [0.25, 0.3) is 0 Å². The molecule has 2 rings (SSSR count). The Labute approximate surface area is 99.1 Å². The van der Waals surface area contributed by atoms with Gasteiger partial charge in [0.1, 0.15) is 5.82 Å². The summed E-state index contributed by atoms with van der Waals surface area (Å²) in [4.78, 5) is 28.4. The number of anilines is 1. The summed E-state index contributed by atoms with van der Waals surface area (Å²) in [7, 11) is 0. The van der Waals surface area contributed by atoms with E-state index in [0.29, 0.717) is 18.8 Å². The van der Waals surface area contributed by atoms with E-state index in [-0.39, 0.29) is 11.5 Å². The van der Waals surface area contributed by atoms with Gasteiger partial charge in [-0.05, 0) is 25.0 Å². The molecular formula is C12H14N2O3. The van der Waals surface area contributed by atoms with Gasteiger partial charge in [-0.15, -0.1) is 0 Å². The molecule has 1 fully saturated rings. The van der Waals surface area contributed by atoms with E-state index in [1.165, 1.54) is 18.3 Å². The maximum Gasteiger partial charge on any atom is 0.335 e. The SMILES string of the molecule is O=C(O)c1ccnc(N2CCCCCC2=O)c1. The fourth-order valence-corrected chi connectivity index (χ4v) is 1.92. The summed E-state index contributed by atoms with van der Waals surface area (Å²) in [6.07, 6.45) is 4.80. The van der Waals surface area contributed by atoms with Crippen molar-refractivity contribution in [3.05, 3.63) is 23.9 Å². The van der Waals surface area contributed by atoms with E-state index in [1.54, 1.807) is 4.90 Å². The number of rotatable bonds is 2. The van der Waals surface area contributed by atoms with Crippen LogP contribution in [0.4, 0.5) is 5.82 Å². The lowest BCUT2D eigenvalue weighted by Gasteiger charge is -2.19. The van der Waals surface area contributed by atoms with E-state index in [2.05, 4.69) is 4.98 Å². The molecule has 1 aromatic heterocycles. The molecule has 0 aliphatic carbocycles. The quantitative estimate of drug-likeness (QED) is 0.845. The highest BCUT2D eigenvalue weighted by Gasteiger charge is 2.19. The van der Waals surface area contributed by atoms with E-state index < -0.39 is 5.97 Å². The smallest absolute Gasteiger partial charge is 0.335 e. The first-order chi connectivity index (χ1) is 8.18. The van der Waals surface area contributed by atoms with Crippen molar-refractivity contribution in [1.29, 1.82) is 0 Å². The number of carboxylic acids is 1. The van der Waals surface area contributed by atoms with Gasteiger partial charge < -0.3 is 5.11 Å². The minimum absolute atomic E-state index is 0.0255. The Kier molecular flexibility index (Phi) is 3.37. The van der Waals surface area contributed by atoms with Crippen LogP contribution in [0.1, 0.15) is 36.0 Å². The summed E-state index contributed by atoms with van der Waals surface area (Å²) in [5.74, 6) is -0.537. The Morgan fingerprint density at radius 2 is 2.18 bits per heavy atom. The summed E-state index contributed by atoms with van der Waals surface area (Å²) in [6, 6.07) is 2.87. The van der Waals surface area contributed by atoms with Crippen molar-refractivity contribution in [1.82, 2.24) is 4.98 Å². The largest absolute Gasteiger partial charge is 0.478 e. The predicted octanol–water partition coefficient (Wildman–Crippen LogP) is 1.69. The summed E-state index contributed by atoms with van der Waals surface area (Å²) in [5, 5.41) is 8.90. The lowest BCUT2D eigenvalue weighted by Crippen LogP contribution is -2.30. The molecule has 0 saturated carbocycles. The summed E-state index contributed by atoms with van der Waals surface area (Å²) >= 11 is 0. The first-order valence-corrected chi connectivity index (χ1v) is 5.68. The maximum absolute atomic E-state index is 11.8. The third-order valence-electron chi connectivity index (χ3n) is 2.84. The van der Waals surface area contributed by atoms with Crippen LogP contribution in [-0.2, 0) is 4.79 Å². The van der Waals surface area contributed by atoms with Gasteiger partial charge in [0.05, 0.1) is 5.56 Å². The molecule has 0 radical (unpaired) electrons. The topological polar surface area (TPSA) is 70.5 Å². The first kappa shape index (κ1) is 11.6. The van der Waals surface area contributed by atoms with Crippen molar-refractivity contribution < 1.29 is 14.7 Å². The monoisotopic (exact) mass is 234 g/mol. The van der Waals surface area contributed by atoms with Gasteiger partial charge in [-0.3, -0.25) is 9.69 Å². The highest BCUT2D eigenvalue weighted by molar-refractivity contribution is 5.94. The molecule has 5 nitrogen and oxygen atoms in total. The molecule has 1 saturated heterocycles. The van der Waals surface area contributed by atoms with Crippen molar-refractivity contribution >= 4 is 17.7 Å². The molecule has 17 heavy (non-hydrogen) atoms. The maximum atomic E-state index is 11.8. The van der Waals surface area contributed by atoms with Crippen molar-refractivity contribution in [3.8, 4) is 0 Å². The second-order valence-corrected chi connectivity index (χ2v) is 4.06. The molecule has 0 unspecified atom stereocenters. The Morgan fingerprint density at radius 3 is 2.94 bits per heavy atom. The van der Waals surface area contributed by atoms with Crippen LogP contribution in [0.3, 0.4) is 0 Å². The zero-order chi connectivity index (χ0) is 12.3. The van der Waals surface area contributed by atoms with E-state index >= 15 is 0 Å². The van der Waals surface area contributed by atoms with E-state index in [1.807, 2.05) is 0 Å². The second kappa shape index (κ2) is 4.95. The van der Waals surface area contributed by atoms with Crippen molar-refractivity contribution in [3.63, 3.8) is 0 Å². The Hall–Kier alpha value is -1.91. The second-order valence-electron chi connectivity index (χ2n) is 4.06. The molecule has 1 amide bonds. The zero-order valence-electron chi connectivity index (χ0n) is 9.43. The highest BCUT2D eigenvalue weighted by atomic mass is 16.4. The van der Waals surface area contributed by atoms with Gasteiger partial charge in [-0.2, -0.15) is 0 Å². The molecule has 1 aliphatic heterocycles. The summed E-state index contributed by atoms with van der Waals surface area (Å²) in [5.41, 5.74) is 0.159. The molecule has 1 aliphatic rings. The third-order valence-corrected chi connectivity index (χ3v) is 2.84. The third kappa shape index (κ3) is 2.61. The number of nitrogens with zero attached hydrogens (tertiary/aromatic N) is 2. The van der Waals surface area contributed by atoms with E-state index in [4.69, 9.17) is 5.11 Å². The number of pyridine rings is 1. The van der Waals surface area contributed by atoms with Gasteiger partial charge in [0.15, 0.2) is 0 Å². The average Bonchev–Trinajstić information content (AvgIpc) is 2.54. The van der Waals surface area contributed by atoms with Crippen LogP contribution >= 0.6 is 0 Å². The predicted molar refractivity (Wildman–Crippen MR) is 62.0 cm³/mol. The minimum atomic E-state index is -1.00. The normalized spacial score (nSPS) is 16.7. The molecule has 5 heteroatoms. The van der Waals surface area contributed by atoms with Gasteiger partial charge >= 0.3 is 5.97 Å². The minimum Gasteiger partial charge on any atom is -0.478 e. The number of aromatic carboxylic acids is 1. The van der Waals surface area contributed by atoms with Crippen molar-refractivity contribution in [2.24, 2.45) is 0 Å². The number of hydrogen-bond donors (Lipinski definition) is 1. The van der Waals surface area contributed by atoms with Crippen molar-refractivity contribution in [2.45, 2.75) is 25.7 Å². The van der Waals surface area contributed by atoms with Gasteiger partial charge in [-0.25, -0.2) is 9.78 Å². The number of amides is 1. The molecule has 0 spiro atoms. The zero-order valence-corrected chi connectivity index (χ0v) is 9.43. The van der Waals surface area contributed by atoms with Crippen LogP contribution < -0.4 is 4.90 Å². The van der Waals surface area contributed by atoms with Crippen molar-refractivity contribution in [2.75, 3.05) is 11.4 Å².